The molecule has 0 fully saturated rings. The molecule has 14 heavy (non-hydrogen) atoms. The third-order valence-electron chi connectivity index (χ3n) is 2.15. The highest BCUT2D eigenvalue weighted by molar-refractivity contribution is 5.35. The van der Waals surface area contributed by atoms with Crippen molar-refractivity contribution in [2.45, 2.75) is 39.8 Å². The number of rotatable bonds is 4. The van der Waals surface area contributed by atoms with Gasteiger partial charge >= 0.3 is 0 Å². The molecule has 0 saturated heterocycles. The molecule has 0 unspecified atom stereocenters. The zero-order valence-electron chi connectivity index (χ0n) is 9.21. The third-order valence-corrected chi connectivity index (χ3v) is 2.15. The van der Waals surface area contributed by atoms with Gasteiger partial charge in [-0.3, -0.25) is 0 Å². The van der Waals surface area contributed by atoms with Crippen LogP contribution >= 0.6 is 0 Å². The minimum Gasteiger partial charge on any atom is -0.491 e. The fourth-order valence-corrected chi connectivity index (χ4v) is 1.48. The second-order valence-electron chi connectivity index (χ2n) is 3.65. The Kier molecular flexibility index (Phi) is 3.96. The maximum Gasteiger partial charge on any atom is 0.119 e. The lowest BCUT2D eigenvalue weighted by molar-refractivity contribution is 0.242. The zero-order chi connectivity index (χ0) is 10.6. The highest BCUT2D eigenvalue weighted by atomic mass is 16.5. The smallest absolute Gasteiger partial charge is 0.119 e. The first-order valence-corrected chi connectivity index (χ1v) is 5.16. The molecule has 0 bridgehead atoms. The van der Waals surface area contributed by atoms with Crippen LogP contribution in [0.2, 0.25) is 0 Å². The standard InChI is InChI=1S/C12H19NO/c1-4-10-7-12(14-9(2)3)6-5-11(10)8-13/h5-7,9H,4,8,13H2,1-3H3. The Balaban J connectivity index is 2.89. The highest BCUT2D eigenvalue weighted by Crippen LogP contribution is 2.19. The number of benzene rings is 1. The van der Waals surface area contributed by atoms with Crippen LogP contribution in [0.5, 0.6) is 5.75 Å². The lowest BCUT2D eigenvalue weighted by Gasteiger charge is -2.12. The Morgan fingerprint density at radius 3 is 2.50 bits per heavy atom. The Morgan fingerprint density at radius 1 is 1.29 bits per heavy atom. The molecule has 78 valence electrons. The average molecular weight is 193 g/mol. The lowest BCUT2D eigenvalue weighted by atomic mass is 10.1. The number of ether oxygens (including phenoxy) is 1. The van der Waals surface area contributed by atoms with Gasteiger partial charge in [-0.1, -0.05) is 13.0 Å². The van der Waals surface area contributed by atoms with E-state index in [-0.39, 0.29) is 6.10 Å². The molecule has 0 aliphatic rings. The molecule has 1 rings (SSSR count). The molecular weight excluding hydrogens is 174 g/mol. The van der Waals surface area contributed by atoms with Gasteiger partial charge in [0.05, 0.1) is 6.10 Å². The number of aryl methyl sites for hydroxylation is 1. The predicted molar refractivity (Wildman–Crippen MR) is 59.5 cm³/mol. The molecule has 1 aromatic carbocycles. The van der Waals surface area contributed by atoms with Gasteiger partial charge in [0.25, 0.3) is 0 Å². The Hall–Kier alpha value is -1.02. The molecule has 0 spiro atoms. The quantitative estimate of drug-likeness (QED) is 0.797. The topological polar surface area (TPSA) is 35.2 Å². The molecule has 0 radical (unpaired) electrons. The maximum absolute atomic E-state index is 5.64. The van der Waals surface area contributed by atoms with Crippen LogP contribution in [-0.2, 0) is 13.0 Å². The largest absolute Gasteiger partial charge is 0.491 e. The van der Waals surface area contributed by atoms with E-state index in [1.54, 1.807) is 0 Å². The SMILES string of the molecule is CCc1cc(OC(C)C)ccc1CN. The third kappa shape index (κ3) is 2.74. The lowest BCUT2D eigenvalue weighted by Crippen LogP contribution is -2.07. The van der Waals surface area contributed by atoms with E-state index in [4.69, 9.17) is 10.5 Å². The second-order valence-corrected chi connectivity index (χ2v) is 3.65. The normalized spacial score (nSPS) is 10.6. The fraction of sp³-hybridized carbons (Fsp3) is 0.500. The van der Waals surface area contributed by atoms with E-state index in [9.17, 15) is 0 Å². The van der Waals surface area contributed by atoms with Gasteiger partial charge in [-0.25, -0.2) is 0 Å². The summed E-state index contributed by atoms with van der Waals surface area (Å²) < 4.78 is 5.62. The Labute approximate surface area is 86.1 Å². The Bertz CT molecular complexity index is 294. The van der Waals surface area contributed by atoms with Crippen molar-refractivity contribution in [1.82, 2.24) is 0 Å². The van der Waals surface area contributed by atoms with Gasteiger partial charge in [-0.2, -0.15) is 0 Å². The first kappa shape index (κ1) is 11.1. The van der Waals surface area contributed by atoms with Crippen molar-refractivity contribution in [3.05, 3.63) is 29.3 Å². The van der Waals surface area contributed by atoms with Crippen molar-refractivity contribution in [3.8, 4) is 5.75 Å². The molecule has 0 heterocycles. The summed E-state index contributed by atoms with van der Waals surface area (Å²) in [6, 6.07) is 6.13. The van der Waals surface area contributed by atoms with Gasteiger partial charge in [0.15, 0.2) is 0 Å². The van der Waals surface area contributed by atoms with E-state index in [0.717, 1.165) is 12.2 Å². The summed E-state index contributed by atoms with van der Waals surface area (Å²) in [5.41, 5.74) is 8.13. The molecule has 0 aliphatic carbocycles. The summed E-state index contributed by atoms with van der Waals surface area (Å²) in [7, 11) is 0. The molecule has 2 nitrogen and oxygen atoms in total. The first-order valence-electron chi connectivity index (χ1n) is 5.16. The van der Waals surface area contributed by atoms with Crippen molar-refractivity contribution in [1.29, 1.82) is 0 Å². The second kappa shape index (κ2) is 5.01. The van der Waals surface area contributed by atoms with Gasteiger partial charge in [0.1, 0.15) is 5.75 Å². The van der Waals surface area contributed by atoms with E-state index >= 15 is 0 Å². The predicted octanol–water partition coefficient (Wildman–Crippen LogP) is 2.49. The molecule has 2 heteroatoms. The van der Waals surface area contributed by atoms with Crippen molar-refractivity contribution >= 4 is 0 Å². The van der Waals surface area contributed by atoms with Gasteiger partial charge in [-0.05, 0) is 43.5 Å². The van der Waals surface area contributed by atoms with Crippen LogP contribution in [0.25, 0.3) is 0 Å². The monoisotopic (exact) mass is 193 g/mol. The number of nitrogens with two attached hydrogens (primary N) is 1. The molecule has 0 aromatic heterocycles. The van der Waals surface area contributed by atoms with Crippen LogP contribution in [0.4, 0.5) is 0 Å². The van der Waals surface area contributed by atoms with Crippen molar-refractivity contribution in [2.75, 3.05) is 0 Å². The summed E-state index contributed by atoms with van der Waals surface area (Å²) in [5, 5.41) is 0. The maximum atomic E-state index is 5.64. The van der Waals surface area contributed by atoms with Crippen molar-refractivity contribution in [2.24, 2.45) is 5.73 Å². The van der Waals surface area contributed by atoms with Gasteiger partial charge in [0.2, 0.25) is 0 Å². The minimum absolute atomic E-state index is 0.225. The van der Waals surface area contributed by atoms with Crippen LogP contribution in [0, 0.1) is 0 Å². The summed E-state index contributed by atoms with van der Waals surface area (Å²) in [5.74, 6) is 0.939. The molecule has 1 aromatic rings. The van der Waals surface area contributed by atoms with Gasteiger partial charge in [0, 0.05) is 6.54 Å². The molecule has 0 amide bonds. The zero-order valence-corrected chi connectivity index (χ0v) is 9.21. The van der Waals surface area contributed by atoms with E-state index < -0.39 is 0 Å². The van der Waals surface area contributed by atoms with E-state index in [2.05, 4.69) is 19.1 Å². The van der Waals surface area contributed by atoms with Crippen molar-refractivity contribution < 1.29 is 4.74 Å². The van der Waals surface area contributed by atoms with Gasteiger partial charge < -0.3 is 10.5 Å². The van der Waals surface area contributed by atoms with Crippen LogP contribution < -0.4 is 10.5 Å². The summed E-state index contributed by atoms with van der Waals surface area (Å²) in [6.45, 7) is 6.80. The van der Waals surface area contributed by atoms with Crippen LogP contribution in [-0.4, -0.2) is 6.10 Å². The summed E-state index contributed by atoms with van der Waals surface area (Å²) in [4.78, 5) is 0. The number of hydrogen-bond donors (Lipinski definition) is 1. The average Bonchev–Trinajstić information content (AvgIpc) is 2.16. The number of hydrogen-bond acceptors (Lipinski definition) is 2. The van der Waals surface area contributed by atoms with Gasteiger partial charge in [-0.15, -0.1) is 0 Å². The molecule has 0 atom stereocenters. The molecule has 0 aliphatic heterocycles. The van der Waals surface area contributed by atoms with E-state index in [1.165, 1.54) is 11.1 Å². The molecular formula is C12H19NO. The molecule has 2 N–H and O–H groups in total. The van der Waals surface area contributed by atoms with Crippen LogP contribution in [0.1, 0.15) is 31.9 Å². The molecule has 0 saturated carbocycles. The van der Waals surface area contributed by atoms with E-state index in [0.29, 0.717) is 6.54 Å². The minimum atomic E-state index is 0.225. The van der Waals surface area contributed by atoms with Crippen molar-refractivity contribution in [3.63, 3.8) is 0 Å². The Morgan fingerprint density at radius 2 is 2.00 bits per heavy atom. The fourth-order valence-electron chi connectivity index (χ4n) is 1.48. The van der Waals surface area contributed by atoms with E-state index in [1.807, 2.05) is 19.9 Å². The highest BCUT2D eigenvalue weighted by Gasteiger charge is 2.02. The summed E-state index contributed by atoms with van der Waals surface area (Å²) in [6.07, 6.45) is 1.23. The van der Waals surface area contributed by atoms with Crippen LogP contribution in [0.3, 0.4) is 0 Å². The summed E-state index contributed by atoms with van der Waals surface area (Å²) >= 11 is 0. The first-order chi connectivity index (χ1) is 6.67. The van der Waals surface area contributed by atoms with Crippen LogP contribution in [0.15, 0.2) is 18.2 Å².